The molecule has 160 valence electrons. The van der Waals surface area contributed by atoms with E-state index in [2.05, 4.69) is 42.2 Å². The summed E-state index contributed by atoms with van der Waals surface area (Å²) < 4.78 is 11.4. The molecule has 2 rings (SSSR count). The molecule has 0 radical (unpaired) electrons. The average Bonchev–Trinajstić information content (AvgIpc) is 3.03. The van der Waals surface area contributed by atoms with Crippen molar-refractivity contribution in [1.82, 2.24) is 14.9 Å². The van der Waals surface area contributed by atoms with Crippen molar-refractivity contribution in [1.29, 1.82) is 0 Å². The van der Waals surface area contributed by atoms with Gasteiger partial charge in [0, 0.05) is 12.5 Å². The second kappa shape index (κ2) is 9.62. The van der Waals surface area contributed by atoms with E-state index in [9.17, 15) is 4.79 Å². The van der Waals surface area contributed by atoms with Crippen molar-refractivity contribution in [3.8, 4) is 17.3 Å². The second-order valence-electron chi connectivity index (χ2n) is 8.79. The lowest BCUT2D eigenvalue weighted by molar-refractivity contribution is 0.0223. The maximum atomic E-state index is 12.3. The van der Waals surface area contributed by atoms with Crippen LogP contribution in [0, 0.1) is 11.5 Å². The normalized spacial score (nSPS) is 19.5. The molecule has 1 amide bonds. The molecule has 0 saturated carbocycles. The van der Waals surface area contributed by atoms with Gasteiger partial charge in [0.05, 0.1) is 18.9 Å². The summed E-state index contributed by atoms with van der Waals surface area (Å²) in [6, 6.07) is 3.55. The van der Waals surface area contributed by atoms with Crippen LogP contribution in [0.3, 0.4) is 0 Å². The fraction of sp³-hybridized carbons (Fsp3) is 0.682. The van der Waals surface area contributed by atoms with Crippen molar-refractivity contribution in [3.63, 3.8) is 0 Å². The number of carbonyl (C=O) groups excluding carboxylic acids is 1. The predicted molar refractivity (Wildman–Crippen MR) is 118 cm³/mol. The van der Waals surface area contributed by atoms with Crippen molar-refractivity contribution < 1.29 is 14.3 Å². The lowest BCUT2D eigenvalue weighted by Gasteiger charge is -2.26. The summed E-state index contributed by atoms with van der Waals surface area (Å²) >= 11 is 0. The third-order valence-corrected chi connectivity index (χ3v) is 10.3. The van der Waals surface area contributed by atoms with Crippen molar-refractivity contribution >= 4 is 14.2 Å². The van der Waals surface area contributed by atoms with Gasteiger partial charge in [-0.15, -0.1) is 5.54 Å². The highest BCUT2D eigenvalue weighted by molar-refractivity contribution is 6.87. The monoisotopic (exact) mass is 417 g/mol. The van der Waals surface area contributed by atoms with Crippen LogP contribution in [-0.4, -0.2) is 53.3 Å². The summed E-state index contributed by atoms with van der Waals surface area (Å²) in [7, 11) is -1.50. The molecule has 0 aromatic carbocycles. The number of carbonyl (C=O) groups is 1. The first-order valence-electron chi connectivity index (χ1n) is 10.6. The summed E-state index contributed by atoms with van der Waals surface area (Å²) in [5.41, 5.74) is 3.69. The molecule has 29 heavy (non-hydrogen) atoms. The highest BCUT2D eigenvalue weighted by atomic mass is 28.3. The van der Waals surface area contributed by atoms with E-state index in [0.717, 1.165) is 24.6 Å². The summed E-state index contributed by atoms with van der Waals surface area (Å²) in [6.45, 7) is 14.8. The molecule has 0 aliphatic carbocycles. The smallest absolute Gasteiger partial charge is 0.410 e. The molecule has 1 aliphatic heterocycles. The van der Waals surface area contributed by atoms with Crippen LogP contribution in [0.2, 0.25) is 18.1 Å². The first-order valence-corrected chi connectivity index (χ1v) is 13.2. The van der Waals surface area contributed by atoms with E-state index in [1.165, 1.54) is 0 Å². The third kappa shape index (κ3) is 6.46. The molecule has 0 N–H and O–H groups in total. The highest BCUT2D eigenvalue weighted by Crippen LogP contribution is 2.24. The Kier molecular flexibility index (Phi) is 7.70. The van der Waals surface area contributed by atoms with Gasteiger partial charge in [0.25, 0.3) is 0 Å². The molecule has 1 saturated heterocycles. The van der Waals surface area contributed by atoms with Gasteiger partial charge in [0.2, 0.25) is 5.88 Å². The molecule has 7 heteroatoms. The number of likely N-dealkylation sites (tertiary alicyclic amines) is 1. The molecule has 1 aromatic heterocycles. The molecule has 2 atom stereocenters. The fourth-order valence-corrected chi connectivity index (χ4v) is 5.89. The molecule has 2 heterocycles. The van der Waals surface area contributed by atoms with Crippen molar-refractivity contribution in [2.24, 2.45) is 0 Å². The van der Waals surface area contributed by atoms with Crippen LogP contribution in [0.25, 0.3) is 0 Å². The fourth-order valence-electron chi connectivity index (χ4n) is 3.47. The van der Waals surface area contributed by atoms with Crippen LogP contribution in [0.15, 0.2) is 12.4 Å². The van der Waals surface area contributed by atoms with Gasteiger partial charge in [0.15, 0.2) is 0 Å². The quantitative estimate of drug-likeness (QED) is 0.515. The van der Waals surface area contributed by atoms with Crippen molar-refractivity contribution in [2.75, 3.05) is 6.54 Å². The summed E-state index contributed by atoms with van der Waals surface area (Å²) in [5, 5.41) is 0. The zero-order valence-corrected chi connectivity index (χ0v) is 19.9. The van der Waals surface area contributed by atoms with Crippen LogP contribution in [0.1, 0.15) is 60.6 Å². The Balaban J connectivity index is 1.98. The highest BCUT2D eigenvalue weighted by Gasteiger charge is 2.36. The van der Waals surface area contributed by atoms with Gasteiger partial charge in [-0.2, -0.15) is 0 Å². The maximum Gasteiger partial charge on any atom is 0.410 e. The lowest BCUT2D eigenvalue weighted by atomic mass is 10.2. The number of hydrogen-bond donors (Lipinski definition) is 0. The third-order valence-electron chi connectivity index (χ3n) is 5.57. The van der Waals surface area contributed by atoms with E-state index >= 15 is 0 Å². The van der Waals surface area contributed by atoms with E-state index in [0.29, 0.717) is 18.1 Å². The Hall–Kier alpha value is -2.07. The van der Waals surface area contributed by atoms with Crippen LogP contribution >= 0.6 is 0 Å². The minimum atomic E-state index is -1.50. The molecule has 0 spiro atoms. The second-order valence-corrected chi connectivity index (χ2v) is 13.7. The Morgan fingerprint density at radius 2 is 1.86 bits per heavy atom. The molecular weight excluding hydrogens is 382 g/mol. The van der Waals surface area contributed by atoms with Gasteiger partial charge in [-0.3, -0.25) is 0 Å². The van der Waals surface area contributed by atoms with Gasteiger partial charge in [-0.1, -0.05) is 26.7 Å². The number of hydrogen-bond acceptors (Lipinski definition) is 5. The maximum absolute atomic E-state index is 12.3. The molecule has 1 aromatic rings. The molecule has 1 aliphatic rings. The zero-order valence-electron chi connectivity index (χ0n) is 18.9. The lowest BCUT2D eigenvalue weighted by Crippen LogP contribution is -2.39. The average molecular weight is 418 g/mol. The minimum absolute atomic E-state index is 0.0585. The topological polar surface area (TPSA) is 64.5 Å². The zero-order chi connectivity index (χ0) is 21.7. The van der Waals surface area contributed by atoms with Gasteiger partial charge < -0.3 is 14.4 Å². The Morgan fingerprint density at radius 3 is 2.38 bits per heavy atom. The van der Waals surface area contributed by atoms with Gasteiger partial charge in [-0.25, -0.2) is 14.8 Å². The number of aromatic nitrogens is 2. The van der Waals surface area contributed by atoms with Gasteiger partial charge >= 0.3 is 6.09 Å². The van der Waals surface area contributed by atoms with E-state index in [-0.39, 0.29) is 18.2 Å². The Morgan fingerprint density at radius 1 is 1.21 bits per heavy atom. The molecule has 1 fully saturated rings. The molecular formula is C22H35N3O3Si. The van der Waals surface area contributed by atoms with Crippen LogP contribution in [-0.2, 0) is 4.74 Å². The SMILES string of the molecule is CC[Si](C#Cc1cnc(O[C@@H]2C[C@H](C)N(C(=O)OC(C)(C)C)C2)cn1)(CC)CC. The minimum Gasteiger partial charge on any atom is -0.471 e. The van der Waals surface area contributed by atoms with Crippen LogP contribution in [0.5, 0.6) is 5.88 Å². The van der Waals surface area contributed by atoms with Gasteiger partial charge in [0.1, 0.15) is 25.5 Å². The summed E-state index contributed by atoms with van der Waals surface area (Å²) in [4.78, 5) is 22.8. The predicted octanol–water partition coefficient (Wildman–Crippen LogP) is 4.65. The van der Waals surface area contributed by atoms with E-state index < -0.39 is 13.7 Å². The first kappa shape index (κ1) is 23.2. The summed E-state index contributed by atoms with van der Waals surface area (Å²) in [5.74, 6) is 3.68. The van der Waals surface area contributed by atoms with Crippen molar-refractivity contribution in [2.45, 2.75) is 90.8 Å². The van der Waals surface area contributed by atoms with E-state index in [4.69, 9.17) is 9.47 Å². The number of amides is 1. The van der Waals surface area contributed by atoms with Gasteiger partial charge in [-0.05, 0) is 45.8 Å². The van der Waals surface area contributed by atoms with Crippen LogP contribution < -0.4 is 4.74 Å². The van der Waals surface area contributed by atoms with E-state index in [1.807, 2.05) is 27.7 Å². The Bertz CT molecular complexity index is 737. The Labute approximate surface area is 176 Å². The largest absolute Gasteiger partial charge is 0.471 e. The molecule has 6 nitrogen and oxygen atoms in total. The number of nitrogens with zero attached hydrogens (tertiary/aromatic N) is 3. The van der Waals surface area contributed by atoms with E-state index in [1.54, 1.807) is 17.3 Å². The van der Waals surface area contributed by atoms with Crippen molar-refractivity contribution in [3.05, 3.63) is 18.1 Å². The number of ether oxygens (including phenoxy) is 2. The molecule has 0 bridgehead atoms. The summed E-state index contributed by atoms with van der Waals surface area (Å²) in [6.07, 6.45) is 3.61. The number of rotatable bonds is 5. The van der Waals surface area contributed by atoms with Crippen LogP contribution in [0.4, 0.5) is 4.79 Å². The molecule has 0 unspecified atom stereocenters. The first-order chi connectivity index (χ1) is 13.6. The standard InChI is InChI=1S/C22H35N3O3Si/c1-8-29(9-2,10-3)12-11-18-14-24-20(15-23-18)27-19-13-17(4)25(16-19)21(26)28-22(5,6)7/h14-15,17,19H,8-10,13,16H2,1-7H3/t17-,19+/m0/s1.